The van der Waals surface area contributed by atoms with E-state index < -0.39 is 0 Å². The first-order chi connectivity index (χ1) is 11.8. The predicted octanol–water partition coefficient (Wildman–Crippen LogP) is 3.03. The zero-order chi connectivity index (χ0) is 16.8. The molecule has 0 bridgehead atoms. The number of amides is 1. The highest BCUT2D eigenvalue weighted by Crippen LogP contribution is 2.20. The van der Waals surface area contributed by atoms with E-state index in [4.69, 9.17) is 5.26 Å². The largest absolute Gasteiger partial charge is 0.348 e. The SMILES string of the molecule is N#Cc1cccc(C(=O)NCC2=CCN([C@H]3C=CCCC3)CC2)c1. The smallest absolute Gasteiger partial charge is 0.251 e. The second kappa shape index (κ2) is 7.94. The number of carbonyl (C=O) groups is 1. The Morgan fingerprint density at radius 1 is 1.42 bits per heavy atom. The van der Waals surface area contributed by atoms with Gasteiger partial charge < -0.3 is 5.32 Å². The number of nitrogens with zero attached hydrogens (tertiary/aromatic N) is 2. The molecule has 1 atom stereocenters. The van der Waals surface area contributed by atoms with Crippen molar-refractivity contribution in [1.29, 1.82) is 5.26 Å². The van der Waals surface area contributed by atoms with Crippen molar-refractivity contribution in [3.8, 4) is 6.07 Å². The van der Waals surface area contributed by atoms with Crippen molar-refractivity contribution in [1.82, 2.24) is 10.2 Å². The molecule has 1 N–H and O–H groups in total. The van der Waals surface area contributed by atoms with E-state index in [1.165, 1.54) is 24.8 Å². The van der Waals surface area contributed by atoms with Crippen molar-refractivity contribution in [2.45, 2.75) is 31.7 Å². The van der Waals surface area contributed by atoms with Crippen molar-refractivity contribution in [3.63, 3.8) is 0 Å². The molecule has 24 heavy (non-hydrogen) atoms. The predicted molar refractivity (Wildman–Crippen MR) is 94.5 cm³/mol. The summed E-state index contributed by atoms with van der Waals surface area (Å²) >= 11 is 0. The van der Waals surface area contributed by atoms with Crippen LogP contribution < -0.4 is 5.32 Å². The molecule has 124 valence electrons. The van der Waals surface area contributed by atoms with Gasteiger partial charge in [0.25, 0.3) is 5.91 Å². The van der Waals surface area contributed by atoms with Gasteiger partial charge in [-0.05, 0) is 43.9 Å². The topological polar surface area (TPSA) is 56.1 Å². The molecule has 0 aromatic heterocycles. The number of hydrogen-bond acceptors (Lipinski definition) is 3. The highest BCUT2D eigenvalue weighted by atomic mass is 16.1. The third-order valence-electron chi connectivity index (χ3n) is 4.76. The molecule has 3 rings (SSSR count). The molecule has 1 aromatic rings. The Balaban J connectivity index is 1.51. The quantitative estimate of drug-likeness (QED) is 0.867. The molecule has 4 nitrogen and oxygen atoms in total. The zero-order valence-electron chi connectivity index (χ0n) is 13.9. The van der Waals surface area contributed by atoms with Gasteiger partial charge in [-0.2, -0.15) is 5.26 Å². The van der Waals surface area contributed by atoms with Gasteiger partial charge in [0.15, 0.2) is 0 Å². The van der Waals surface area contributed by atoms with Gasteiger partial charge >= 0.3 is 0 Å². The first-order valence-corrected chi connectivity index (χ1v) is 8.63. The molecule has 0 saturated heterocycles. The molecule has 0 fully saturated rings. The van der Waals surface area contributed by atoms with Crippen LogP contribution in [0.25, 0.3) is 0 Å². The maximum absolute atomic E-state index is 12.2. The molecule has 0 spiro atoms. The lowest BCUT2D eigenvalue weighted by atomic mass is 9.99. The lowest BCUT2D eigenvalue weighted by Crippen LogP contribution is -2.39. The Morgan fingerprint density at radius 3 is 3.04 bits per heavy atom. The Kier molecular flexibility index (Phi) is 5.45. The summed E-state index contributed by atoms with van der Waals surface area (Å²) in [6.07, 6.45) is 11.6. The number of benzene rings is 1. The average Bonchev–Trinajstić information content (AvgIpc) is 2.67. The number of rotatable bonds is 4. The van der Waals surface area contributed by atoms with E-state index in [9.17, 15) is 4.79 Å². The van der Waals surface area contributed by atoms with Crippen LogP contribution in [0.1, 0.15) is 41.6 Å². The number of hydrogen-bond donors (Lipinski definition) is 1. The zero-order valence-corrected chi connectivity index (χ0v) is 13.9. The van der Waals surface area contributed by atoms with Crippen LogP contribution in [-0.4, -0.2) is 36.5 Å². The van der Waals surface area contributed by atoms with E-state index in [1.807, 2.05) is 0 Å². The van der Waals surface area contributed by atoms with Gasteiger partial charge in [-0.25, -0.2) is 0 Å². The number of allylic oxidation sites excluding steroid dienone is 1. The summed E-state index contributed by atoms with van der Waals surface area (Å²) in [5.41, 5.74) is 2.34. The standard InChI is InChI=1S/C20H23N3O/c21-14-17-5-4-6-18(13-17)20(24)22-15-16-9-11-23(12-10-16)19-7-2-1-3-8-19/h2,4-7,9,13,19H,1,3,8,10-12,15H2,(H,22,24)/t19-/m0/s1. The molecular formula is C20H23N3O. The van der Waals surface area contributed by atoms with E-state index in [2.05, 4.69) is 34.5 Å². The molecule has 1 heterocycles. The molecule has 4 heteroatoms. The van der Waals surface area contributed by atoms with E-state index in [0.29, 0.717) is 23.7 Å². The summed E-state index contributed by atoms with van der Waals surface area (Å²) < 4.78 is 0. The first-order valence-electron chi connectivity index (χ1n) is 8.63. The van der Waals surface area contributed by atoms with Crippen molar-refractivity contribution in [3.05, 3.63) is 59.2 Å². The van der Waals surface area contributed by atoms with Crippen LogP contribution in [0.4, 0.5) is 0 Å². The lowest BCUT2D eigenvalue weighted by molar-refractivity contribution is 0.0956. The fourth-order valence-corrected chi connectivity index (χ4v) is 3.31. The molecule has 0 unspecified atom stereocenters. The average molecular weight is 321 g/mol. The summed E-state index contributed by atoms with van der Waals surface area (Å²) in [5.74, 6) is -0.120. The third kappa shape index (κ3) is 4.12. The number of nitriles is 1. The summed E-state index contributed by atoms with van der Waals surface area (Å²) in [6.45, 7) is 2.61. The molecular weight excluding hydrogens is 298 g/mol. The number of carbonyl (C=O) groups excluding carboxylic acids is 1. The van der Waals surface area contributed by atoms with Crippen LogP contribution in [0.15, 0.2) is 48.1 Å². The molecule has 1 aliphatic heterocycles. The molecule has 1 aromatic carbocycles. The maximum Gasteiger partial charge on any atom is 0.251 e. The second-order valence-electron chi connectivity index (χ2n) is 6.41. The van der Waals surface area contributed by atoms with Crippen LogP contribution in [0, 0.1) is 11.3 Å². The minimum atomic E-state index is -0.120. The third-order valence-corrected chi connectivity index (χ3v) is 4.76. The molecule has 1 amide bonds. The first kappa shape index (κ1) is 16.5. The van der Waals surface area contributed by atoms with Crippen LogP contribution >= 0.6 is 0 Å². The molecule has 1 aliphatic carbocycles. The van der Waals surface area contributed by atoms with Gasteiger partial charge in [0, 0.05) is 31.2 Å². The maximum atomic E-state index is 12.2. The summed E-state index contributed by atoms with van der Waals surface area (Å²) in [4.78, 5) is 14.7. The van der Waals surface area contributed by atoms with Crippen molar-refractivity contribution in [2.24, 2.45) is 0 Å². The van der Waals surface area contributed by atoms with Crippen LogP contribution in [0.5, 0.6) is 0 Å². The normalized spacial score (nSPS) is 21.0. The van der Waals surface area contributed by atoms with Gasteiger partial charge in [0.1, 0.15) is 0 Å². The minimum absolute atomic E-state index is 0.120. The Labute approximate surface area is 143 Å². The van der Waals surface area contributed by atoms with E-state index >= 15 is 0 Å². The highest BCUT2D eigenvalue weighted by molar-refractivity contribution is 5.94. The van der Waals surface area contributed by atoms with Crippen molar-refractivity contribution >= 4 is 5.91 Å². The fraction of sp³-hybridized carbons (Fsp3) is 0.400. The summed E-state index contributed by atoms with van der Waals surface area (Å²) in [7, 11) is 0. The van der Waals surface area contributed by atoms with Crippen molar-refractivity contribution < 1.29 is 4.79 Å². The Bertz CT molecular complexity index is 699. The Hall–Kier alpha value is -2.38. The van der Waals surface area contributed by atoms with Gasteiger partial charge in [0.2, 0.25) is 0 Å². The van der Waals surface area contributed by atoms with Crippen LogP contribution in [0.2, 0.25) is 0 Å². The van der Waals surface area contributed by atoms with Crippen LogP contribution in [-0.2, 0) is 0 Å². The van der Waals surface area contributed by atoms with Gasteiger partial charge in [-0.15, -0.1) is 0 Å². The fourth-order valence-electron chi connectivity index (χ4n) is 3.31. The monoisotopic (exact) mass is 321 g/mol. The Morgan fingerprint density at radius 2 is 2.33 bits per heavy atom. The summed E-state index contributed by atoms with van der Waals surface area (Å²) in [6, 6.07) is 9.45. The van der Waals surface area contributed by atoms with Gasteiger partial charge in [0.05, 0.1) is 11.6 Å². The minimum Gasteiger partial charge on any atom is -0.348 e. The highest BCUT2D eigenvalue weighted by Gasteiger charge is 2.20. The van der Waals surface area contributed by atoms with Crippen LogP contribution in [0.3, 0.4) is 0 Å². The molecule has 2 aliphatic rings. The summed E-state index contributed by atoms with van der Waals surface area (Å²) in [5, 5.41) is 11.9. The second-order valence-corrected chi connectivity index (χ2v) is 6.41. The van der Waals surface area contributed by atoms with E-state index in [1.54, 1.807) is 24.3 Å². The van der Waals surface area contributed by atoms with E-state index in [-0.39, 0.29) is 5.91 Å². The molecule has 0 saturated carbocycles. The lowest BCUT2D eigenvalue weighted by Gasteiger charge is -2.33. The van der Waals surface area contributed by atoms with Gasteiger partial charge in [-0.1, -0.05) is 29.9 Å². The van der Waals surface area contributed by atoms with Gasteiger partial charge in [-0.3, -0.25) is 9.69 Å². The molecule has 0 radical (unpaired) electrons. The van der Waals surface area contributed by atoms with Crippen molar-refractivity contribution in [2.75, 3.05) is 19.6 Å². The number of nitrogens with one attached hydrogen (secondary N) is 1. The van der Waals surface area contributed by atoms with E-state index in [0.717, 1.165) is 19.5 Å².